The maximum atomic E-state index is 12.5. The van der Waals surface area contributed by atoms with Crippen LogP contribution in [-0.4, -0.2) is 41.9 Å². The molecule has 0 radical (unpaired) electrons. The van der Waals surface area contributed by atoms with E-state index >= 15 is 0 Å². The highest BCUT2D eigenvalue weighted by Gasteiger charge is 2.14. The standard InChI is InChI=1S/C20H26N2O3/c1-14(2)12-25-13-16(23)11-22-20(24)18-8-6-7-17(15(18)3)19-9-4-5-10-21-19/h4-10,14,16,23H,11-13H2,1-3H3,(H,22,24). The number of hydrogen-bond acceptors (Lipinski definition) is 4. The van der Waals surface area contributed by atoms with Gasteiger partial charge in [0.25, 0.3) is 5.91 Å². The Bertz CT molecular complexity index is 687. The van der Waals surface area contributed by atoms with Gasteiger partial charge in [0, 0.05) is 30.5 Å². The Morgan fingerprint density at radius 3 is 2.68 bits per heavy atom. The zero-order valence-corrected chi connectivity index (χ0v) is 15.0. The third kappa shape index (κ3) is 5.66. The SMILES string of the molecule is Cc1c(C(=O)NCC(O)COCC(C)C)cccc1-c1ccccn1. The third-order valence-corrected chi connectivity index (χ3v) is 3.78. The van der Waals surface area contributed by atoms with E-state index in [4.69, 9.17) is 4.74 Å². The molecule has 0 saturated heterocycles. The normalized spacial score (nSPS) is 12.2. The van der Waals surface area contributed by atoms with Gasteiger partial charge < -0.3 is 15.2 Å². The number of carbonyl (C=O) groups is 1. The van der Waals surface area contributed by atoms with Crippen molar-refractivity contribution >= 4 is 5.91 Å². The lowest BCUT2D eigenvalue weighted by atomic mass is 9.99. The molecule has 1 aromatic heterocycles. The molecular formula is C20H26N2O3. The first-order valence-corrected chi connectivity index (χ1v) is 8.54. The Morgan fingerprint density at radius 2 is 2.00 bits per heavy atom. The lowest BCUT2D eigenvalue weighted by molar-refractivity contribution is 0.0259. The lowest BCUT2D eigenvalue weighted by Gasteiger charge is -2.15. The van der Waals surface area contributed by atoms with Gasteiger partial charge in [0.1, 0.15) is 0 Å². The van der Waals surface area contributed by atoms with Crippen molar-refractivity contribution in [1.82, 2.24) is 10.3 Å². The Balaban J connectivity index is 1.98. The molecule has 2 N–H and O–H groups in total. The molecule has 0 saturated carbocycles. The summed E-state index contributed by atoms with van der Waals surface area (Å²) in [5.41, 5.74) is 3.20. The van der Waals surface area contributed by atoms with Crippen molar-refractivity contribution in [2.75, 3.05) is 19.8 Å². The predicted octanol–water partition coefficient (Wildman–Crippen LogP) is 2.82. The Morgan fingerprint density at radius 1 is 1.20 bits per heavy atom. The largest absolute Gasteiger partial charge is 0.389 e. The molecule has 1 amide bonds. The monoisotopic (exact) mass is 342 g/mol. The fourth-order valence-corrected chi connectivity index (χ4v) is 2.49. The van der Waals surface area contributed by atoms with Gasteiger partial charge in [0.05, 0.1) is 18.4 Å². The minimum absolute atomic E-state index is 0.157. The Labute approximate surface area is 149 Å². The quantitative estimate of drug-likeness (QED) is 0.774. The summed E-state index contributed by atoms with van der Waals surface area (Å²) in [4.78, 5) is 16.8. The van der Waals surface area contributed by atoms with Crippen molar-refractivity contribution in [2.24, 2.45) is 5.92 Å². The van der Waals surface area contributed by atoms with E-state index in [0.29, 0.717) is 18.1 Å². The molecule has 25 heavy (non-hydrogen) atoms. The Hall–Kier alpha value is -2.24. The molecule has 0 aliphatic rings. The summed E-state index contributed by atoms with van der Waals surface area (Å²) >= 11 is 0. The van der Waals surface area contributed by atoms with E-state index < -0.39 is 6.10 Å². The summed E-state index contributed by atoms with van der Waals surface area (Å²) in [5.74, 6) is 0.206. The number of benzene rings is 1. The number of aliphatic hydroxyl groups excluding tert-OH is 1. The zero-order valence-electron chi connectivity index (χ0n) is 15.0. The highest BCUT2D eigenvalue weighted by molar-refractivity contribution is 5.97. The van der Waals surface area contributed by atoms with E-state index in [1.165, 1.54) is 0 Å². The summed E-state index contributed by atoms with van der Waals surface area (Å²) in [6.45, 7) is 6.96. The van der Waals surface area contributed by atoms with Crippen LogP contribution in [-0.2, 0) is 4.74 Å². The van der Waals surface area contributed by atoms with Gasteiger partial charge in [-0.1, -0.05) is 32.0 Å². The molecule has 0 fully saturated rings. The third-order valence-electron chi connectivity index (χ3n) is 3.78. The summed E-state index contributed by atoms with van der Waals surface area (Å²) in [6, 6.07) is 11.3. The summed E-state index contributed by atoms with van der Waals surface area (Å²) in [6.07, 6.45) is 1.01. The van der Waals surface area contributed by atoms with E-state index in [1.807, 2.05) is 51.1 Å². The second kappa shape index (κ2) is 9.30. The Kier molecular flexibility index (Phi) is 7.10. The van der Waals surface area contributed by atoms with Gasteiger partial charge in [-0.2, -0.15) is 0 Å². The number of aromatic nitrogens is 1. The maximum absolute atomic E-state index is 12.5. The average Bonchev–Trinajstić information content (AvgIpc) is 2.60. The fourth-order valence-electron chi connectivity index (χ4n) is 2.49. The minimum Gasteiger partial charge on any atom is -0.389 e. The molecule has 0 aliphatic heterocycles. The summed E-state index contributed by atoms with van der Waals surface area (Å²) < 4.78 is 5.39. The molecule has 134 valence electrons. The molecule has 0 bridgehead atoms. The fraction of sp³-hybridized carbons (Fsp3) is 0.400. The number of carbonyl (C=O) groups excluding carboxylic acids is 1. The molecule has 5 nitrogen and oxygen atoms in total. The van der Waals surface area contributed by atoms with Gasteiger partial charge in [-0.05, 0) is 36.6 Å². The molecule has 2 rings (SSSR count). The van der Waals surface area contributed by atoms with Crippen molar-refractivity contribution in [2.45, 2.75) is 26.9 Å². The van der Waals surface area contributed by atoms with Crippen LogP contribution in [0, 0.1) is 12.8 Å². The lowest BCUT2D eigenvalue weighted by Crippen LogP contribution is -2.35. The molecule has 1 heterocycles. The average molecular weight is 342 g/mol. The number of aliphatic hydroxyl groups is 1. The molecule has 0 aliphatic carbocycles. The van der Waals surface area contributed by atoms with Crippen LogP contribution in [0.5, 0.6) is 0 Å². The zero-order chi connectivity index (χ0) is 18.2. The van der Waals surface area contributed by atoms with Crippen LogP contribution in [0.1, 0.15) is 29.8 Å². The summed E-state index contributed by atoms with van der Waals surface area (Å²) in [7, 11) is 0. The number of ether oxygens (including phenoxy) is 1. The first-order chi connectivity index (χ1) is 12.0. The number of nitrogens with one attached hydrogen (secondary N) is 1. The second-order valence-corrected chi connectivity index (χ2v) is 6.49. The van der Waals surface area contributed by atoms with Crippen LogP contribution in [0.3, 0.4) is 0 Å². The van der Waals surface area contributed by atoms with Crippen molar-refractivity contribution < 1.29 is 14.6 Å². The first kappa shape index (κ1) is 19.1. The van der Waals surface area contributed by atoms with Crippen LogP contribution in [0.2, 0.25) is 0 Å². The molecular weight excluding hydrogens is 316 g/mol. The number of amides is 1. The maximum Gasteiger partial charge on any atom is 0.251 e. The summed E-state index contributed by atoms with van der Waals surface area (Å²) in [5, 5.41) is 12.7. The van der Waals surface area contributed by atoms with E-state index in [9.17, 15) is 9.90 Å². The van der Waals surface area contributed by atoms with Crippen molar-refractivity contribution in [3.05, 3.63) is 53.7 Å². The number of rotatable bonds is 8. The topological polar surface area (TPSA) is 71.5 Å². The number of nitrogens with zero attached hydrogens (tertiary/aromatic N) is 1. The van der Waals surface area contributed by atoms with Gasteiger partial charge >= 0.3 is 0 Å². The van der Waals surface area contributed by atoms with Gasteiger partial charge in [-0.25, -0.2) is 0 Å². The van der Waals surface area contributed by atoms with Crippen molar-refractivity contribution in [1.29, 1.82) is 0 Å². The second-order valence-electron chi connectivity index (χ2n) is 6.49. The van der Waals surface area contributed by atoms with Gasteiger partial charge in [-0.15, -0.1) is 0 Å². The molecule has 5 heteroatoms. The molecule has 1 aromatic carbocycles. The van der Waals surface area contributed by atoms with Crippen LogP contribution < -0.4 is 5.32 Å². The predicted molar refractivity (Wildman–Crippen MR) is 98.4 cm³/mol. The van der Waals surface area contributed by atoms with Crippen molar-refractivity contribution in [3.63, 3.8) is 0 Å². The highest BCUT2D eigenvalue weighted by atomic mass is 16.5. The van der Waals surface area contributed by atoms with Crippen LogP contribution in [0.15, 0.2) is 42.6 Å². The minimum atomic E-state index is -0.720. The van der Waals surface area contributed by atoms with Crippen LogP contribution >= 0.6 is 0 Å². The molecule has 1 unspecified atom stereocenters. The van der Waals surface area contributed by atoms with E-state index in [-0.39, 0.29) is 19.1 Å². The van der Waals surface area contributed by atoms with Crippen LogP contribution in [0.25, 0.3) is 11.3 Å². The first-order valence-electron chi connectivity index (χ1n) is 8.54. The van der Waals surface area contributed by atoms with Gasteiger partial charge in [0.15, 0.2) is 0 Å². The van der Waals surface area contributed by atoms with Gasteiger partial charge in [-0.3, -0.25) is 9.78 Å². The number of pyridine rings is 1. The van der Waals surface area contributed by atoms with E-state index in [2.05, 4.69) is 10.3 Å². The molecule has 1 atom stereocenters. The molecule has 0 spiro atoms. The van der Waals surface area contributed by atoms with Crippen LogP contribution in [0.4, 0.5) is 0 Å². The van der Waals surface area contributed by atoms with Gasteiger partial charge in [0.2, 0.25) is 0 Å². The number of hydrogen-bond donors (Lipinski definition) is 2. The highest BCUT2D eigenvalue weighted by Crippen LogP contribution is 2.23. The van der Waals surface area contributed by atoms with Crippen molar-refractivity contribution in [3.8, 4) is 11.3 Å². The van der Waals surface area contributed by atoms with E-state index in [0.717, 1.165) is 16.8 Å². The smallest absolute Gasteiger partial charge is 0.251 e. The van der Waals surface area contributed by atoms with E-state index in [1.54, 1.807) is 12.3 Å². The molecule has 2 aromatic rings.